The summed E-state index contributed by atoms with van der Waals surface area (Å²) in [4.78, 5) is 15.9. The van der Waals surface area contributed by atoms with Gasteiger partial charge in [0.1, 0.15) is 0 Å². The molecule has 3 N–H and O–H groups in total. The standard InChI is InChI=1S/C13H11Cl2N3O/c1-7-4-10(15)12(5-9(7)14)18-13(19)8-6-17-3-2-11(8)16/h2-6H,1H3,(H2,16,17)(H,18,19). The van der Waals surface area contributed by atoms with Crippen LogP contribution in [0.4, 0.5) is 11.4 Å². The molecule has 0 unspecified atom stereocenters. The molecule has 0 radical (unpaired) electrons. The summed E-state index contributed by atoms with van der Waals surface area (Å²) in [6, 6.07) is 4.84. The van der Waals surface area contributed by atoms with Crippen molar-refractivity contribution < 1.29 is 4.79 Å². The molecule has 98 valence electrons. The second kappa shape index (κ2) is 5.47. The zero-order chi connectivity index (χ0) is 14.0. The number of amides is 1. The number of aryl methyl sites for hydroxylation is 1. The molecule has 19 heavy (non-hydrogen) atoms. The first kappa shape index (κ1) is 13.6. The van der Waals surface area contributed by atoms with Crippen molar-refractivity contribution in [2.45, 2.75) is 6.92 Å². The number of rotatable bonds is 2. The minimum Gasteiger partial charge on any atom is -0.398 e. The quantitative estimate of drug-likeness (QED) is 0.890. The van der Waals surface area contributed by atoms with E-state index in [-0.39, 0.29) is 11.5 Å². The molecule has 0 aliphatic heterocycles. The van der Waals surface area contributed by atoms with Gasteiger partial charge in [0.05, 0.1) is 16.3 Å². The topological polar surface area (TPSA) is 68.0 Å². The highest BCUT2D eigenvalue weighted by Gasteiger charge is 2.12. The molecule has 0 saturated carbocycles. The zero-order valence-corrected chi connectivity index (χ0v) is 11.6. The predicted molar refractivity (Wildman–Crippen MR) is 77.8 cm³/mol. The van der Waals surface area contributed by atoms with Gasteiger partial charge in [0.2, 0.25) is 0 Å². The number of aromatic nitrogens is 1. The summed E-state index contributed by atoms with van der Waals surface area (Å²) in [6.45, 7) is 1.83. The zero-order valence-electron chi connectivity index (χ0n) is 10.1. The van der Waals surface area contributed by atoms with E-state index in [1.165, 1.54) is 12.4 Å². The number of halogens is 2. The van der Waals surface area contributed by atoms with E-state index in [1.807, 2.05) is 6.92 Å². The van der Waals surface area contributed by atoms with Crippen LogP contribution in [-0.2, 0) is 0 Å². The van der Waals surface area contributed by atoms with Crippen LogP contribution in [0.3, 0.4) is 0 Å². The molecule has 4 nitrogen and oxygen atoms in total. The van der Waals surface area contributed by atoms with E-state index in [9.17, 15) is 4.79 Å². The lowest BCUT2D eigenvalue weighted by molar-refractivity contribution is 0.102. The second-order valence-corrected chi connectivity index (χ2v) is 4.81. The molecule has 0 aliphatic rings. The molecule has 0 aliphatic carbocycles. The van der Waals surface area contributed by atoms with Crippen molar-refractivity contribution in [1.29, 1.82) is 0 Å². The van der Waals surface area contributed by atoms with Crippen LogP contribution >= 0.6 is 23.2 Å². The first-order valence-corrected chi connectivity index (χ1v) is 6.21. The SMILES string of the molecule is Cc1cc(Cl)c(NC(=O)c2cnccc2N)cc1Cl. The molecule has 6 heteroatoms. The second-order valence-electron chi connectivity index (χ2n) is 4.00. The van der Waals surface area contributed by atoms with Crippen molar-refractivity contribution in [3.63, 3.8) is 0 Å². The first-order valence-electron chi connectivity index (χ1n) is 5.45. The fourth-order valence-corrected chi connectivity index (χ4v) is 1.96. The minimum absolute atomic E-state index is 0.287. The predicted octanol–water partition coefficient (Wildman–Crippen LogP) is 3.53. The van der Waals surface area contributed by atoms with Gasteiger partial charge in [0.15, 0.2) is 0 Å². The van der Waals surface area contributed by atoms with Gasteiger partial charge in [-0.2, -0.15) is 0 Å². The molecule has 0 fully saturated rings. The monoisotopic (exact) mass is 295 g/mol. The summed E-state index contributed by atoms with van der Waals surface area (Å²) in [5.41, 5.74) is 7.62. The fraction of sp³-hybridized carbons (Fsp3) is 0.0769. The molecule has 2 rings (SSSR count). The number of carbonyl (C=O) groups excluding carboxylic acids is 1. The van der Waals surface area contributed by atoms with Gasteiger partial charge in [-0.1, -0.05) is 23.2 Å². The van der Waals surface area contributed by atoms with E-state index in [0.717, 1.165) is 5.56 Å². The van der Waals surface area contributed by atoms with Crippen molar-refractivity contribution in [2.75, 3.05) is 11.1 Å². The minimum atomic E-state index is -0.382. The van der Waals surface area contributed by atoms with Gasteiger partial charge >= 0.3 is 0 Å². The van der Waals surface area contributed by atoms with E-state index in [2.05, 4.69) is 10.3 Å². The van der Waals surface area contributed by atoms with E-state index in [0.29, 0.717) is 21.4 Å². The molecular formula is C13H11Cl2N3O. The van der Waals surface area contributed by atoms with Crippen LogP contribution in [-0.4, -0.2) is 10.9 Å². The molecule has 2 aromatic rings. The summed E-state index contributed by atoms with van der Waals surface area (Å²) in [7, 11) is 0. The Labute approximate surface area is 120 Å². The number of carbonyl (C=O) groups is 1. The largest absolute Gasteiger partial charge is 0.398 e. The number of benzene rings is 1. The highest BCUT2D eigenvalue weighted by atomic mass is 35.5. The van der Waals surface area contributed by atoms with E-state index in [4.69, 9.17) is 28.9 Å². The Morgan fingerprint density at radius 1 is 1.32 bits per heavy atom. The molecule has 1 aromatic heterocycles. The van der Waals surface area contributed by atoms with Crippen LogP contribution in [0.2, 0.25) is 10.0 Å². The molecular weight excluding hydrogens is 285 g/mol. The normalized spacial score (nSPS) is 10.3. The van der Waals surface area contributed by atoms with Crippen LogP contribution in [0, 0.1) is 6.92 Å². The fourth-order valence-electron chi connectivity index (χ4n) is 1.53. The van der Waals surface area contributed by atoms with Crippen molar-refractivity contribution in [1.82, 2.24) is 4.98 Å². The van der Waals surface area contributed by atoms with Crippen LogP contribution in [0.1, 0.15) is 15.9 Å². The Balaban J connectivity index is 2.30. The van der Waals surface area contributed by atoms with Crippen molar-refractivity contribution in [3.05, 3.63) is 51.8 Å². The molecule has 0 bridgehead atoms. The highest BCUT2D eigenvalue weighted by molar-refractivity contribution is 6.36. The molecule has 0 atom stereocenters. The number of pyridine rings is 1. The van der Waals surface area contributed by atoms with E-state index in [1.54, 1.807) is 18.2 Å². The molecule has 0 spiro atoms. The van der Waals surface area contributed by atoms with E-state index >= 15 is 0 Å². The third-order valence-electron chi connectivity index (χ3n) is 2.60. The number of nitrogens with zero attached hydrogens (tertiary/aromatic N) is 1. The summed E-state index contributed by atoms with van der Waals surface area (Å²) in [5, 5.41) is 3.60. The maximum atomic E-state index is 12.1. The number of hydrogen-bond donors (Lipinski definition) is 2. The first-order chi connectivity index (χ1) is 8.99. The van der Waals surface area contributed by atoms with Crippen molar-refractivity contribution >= 4 is 40.5 Å². The van der Waals surface area contributed by atoms with Crippen molar-refractivity contribution in [2.24, 2.45) is 0 Å². The van der Waals surface area contributed by atoms with Gasteiger partial charge in [-0.3, -0.25) is 9.78 Å². The average molecular weight is 296 g/mol. The number of anilines is 2. The summed E-state index contributed by atoms with van der Waals surface area (Å²) in [6.07, 6.45) is 2.91. The number of hydrogen-bond acceptors (Lipinski definition) is 3. The Morgan fingerprint density at radius 2 is 2.05 bits per heavy atom. The van der Waals surface area contributed by atoms with Gasteiger partial charge in [-0.05, 0) is 30.7 Å². The summed E-state index contributed by atoms with van der Waals surface area (Å²) in [5.74, 6) is -0.382. The number of nitrogens with one attached hydrogen (secondary N) is 1. The Kier molecular flexibility index (Phi) is 3.93. The third-order valence-corrected chi connectivity index (χ3v) is 3.32. The molecule has 0 saturated heterocycles. The number of nitrogen functional groups attached to an aromatic ring is 1. The Hall–Kier alpha value is -1.78. The van der Waals surface area contributed by atoms with Crippen LogP contribution in [0.5, 0.6) is 0 Å². The Morgan fingerprint density at radius 3 is 2.74 bits per heavy atom. The van der Waals surface area contributed by atoms with Crippen molar-refractivity contribution in [3.8, 4) is 0 Å². The van der Waals surface area contributed by atoms with Gasteiger partial charge in [0, 0.05) is 23.1 Å². The van der Waals surface area contributed by atoms with Gasteiger partial charge < -0.3 is 11.1 Å². The Bertz CT molecular complexity index is 644. The van der Waals surface area contributed by atoms with Gasteiger partial charge in [0.25, 0.3) is 5.91 Å². The lowest BCUT2D eigenvalue weighted by Gasteiger charge is -2.10. The maximum absolute atomic E-state index is 12.1. The third kappa shape index (κ3) is 2.97. The van der Waals surface area contributed by atoms with Gasteiger partial charge in [-0.25, -0.2) is 0 Å². The molecule has 1 aromatic carbocycles. The van der Waals surface area contributed by atoms with Gasteiger partial charge in [-0.15, -0.1) is 0 Å². The maximum Gasteiger partial charge on any atom is 0.259 e. The van der Waals surface area contributed by atoms with Crippen LogP contribution in [0.15, 0.2) is 30.6 Å². The smallest absolute Gasteiger partial charge is 0.259 e. The van der Waals surface area contributed by atoms with Crippen LogP contribution in [0.25, 0.3) is 0 Å². The average Bonchev–Trinajstić information content (AvgIpc) is 2.36. The van der Waals surface area contributed by atoms with E-state index < -0.39 is 0 Å². The highest BCUT2D eigenvalue weighted by Crippen LogP contribution is 2.29. The summed E-state index contributed by atoms with van der Waals surface area (Å²) < 4.78 is 0. The molecule has 1 amide bonds. The lowest BCUT2D eigenvalue weighted by Crippen LogP contribution is -2.14. The van der Waals surface area contributed by atoms with Crippen LogP contribution < -0.4 is 11.1 Å². The number of nitrogens with two attached hydrogens (primary N) is 1. The molecule has 1 heterocycles. The lowest BCUT2D eigenvalue weighted by atomic mass is 10.2. The summed E-state index contributed by atoms with van der Waals surface area (Å²) >= 11 is 12.1.